The van der Waals surface area contributed by atoms with Gasteiger partial charge in [-0.25, -0.2) is 10.8 Å². The number of anilines is 2. The number of hydrogen-bond donors (Lipinski definition) is 3. The summed E-state index contributed by atoms with van der Waals surface area (Å²) in [6.07, 6.45) is 0. The molecule has 0 saturated carbocycles. The van der Waals surface area contributed by atoms with Crippen molar-refractivity contribution in [3.8, 4) is 11.1 Å². The summed E-state index contributed by atoms with van der Waals surface area (Å²) >= 11 is 1.74. The first kappa shape index (κ1) is 13.0. The van der Waals surface area contributed by atoms with Gasteiger partial charge in [-0.05, 0) is 29.1 Å². The Kier molecular flexibility index (Phi) is 2.92. The lowest BCUT2D eigenvalue weighted by Gasteiger charge is -2.07. The van der Waals surface area contributed by atoms with E-state index in [9.17, 15) is 0 Å². The minimum atomic E-state index is 0.203. The monoisotopic (exact) mass is 307 g/mol. The number of aromatic nitrogens is 2. The molecule has 0 spiro atoms. The molecule has 0 amide bonds. The van der Waals surface area contributed by atoms with Crippen LogP contribution in [0.25, 0.3) is 32.1 Å². The zero-order valence-corrected chi connectivity index (χ0v) is 12.4. The van der Waals surface area contributed by atoms with Gasteiger partial charge in [0.1, 0.15) is 0 Å². The van der Waals surface area contributed by atoms with E-state index in [0.717, 1.165) is 16.5 Å². The van der Waals surface area contributed by atoms with Crippen LogP contribution in [0, 0.1) is 0 Å². The third-order valence-electron chi connectivity index (χ3n) is 3.64. The largest absolute Gasteiger partial charge is 0.368 e. The number of nitrogens with zero attached hydrogens (tertiary/aromatic N) is 2. The normalized spacial score (nSPS) is 11.1. The van der Waals surface area contributed by atoms with Gasteiger partial charge in [0, 0.05) is 21.0 Å². The Morgan fingerprint density at radius 1 is 1.00 bits per heavy atom. The molecule has 4 aromatic rings. The zero-order chi connectivity index (χ0) is 15.1. The molecular weight excluding hydrogens is 294 g/mol. The van der Waals surface area contributed by atoms with Crippen molar-refractivity contribution in [2.24, 2.45) is 5.84 Å². The van der Waals surface area contributed by atoms with E-state index in [0.29, 0.717) is 5.82 Å². The number of nitrogens with two attached hydrogens (primary N) is 2. The first-order chi connectivity index (χ1) is 10.8. The summed E-state index contributed by atoms with van der Waals surface area (Å²) in [6.45, 7) is 0. The average Bonchev–Trinajstić information content (AvgIpc) is 2.97. The first-order valence-electron chi connectivity index (χ1n) is 6.77. The van der Waals surface area contributed by atoms with Crippen molar-refractivity contribution >= 4 is 44.1 Å². The van der Waals surface area contributed by atoms with Crippen molar-refractivity contribution in [2.45, 2.75) is 0 Å². The topological polar surface area (TPSA) is 89.8 Å². The minimum Gasteiger partial charge on any atom is -0.368 e. The summed E-state index contributed by atoms with van der Waals surface area (Å²) in [5.74, 6) is 6.28. The Hall–Kier alpha value is -2.70. The molecule has 2 heterocycles. The standard InChI is InChI=1S/C16H13N5S/c17-16-19-13-6-5-9(7-11(13)15(20-16)21-18)12-8-22-14-4-2-1-3-10(12)14/h1-8H,18H2,(H3,17,19,20,21). The van der Waals surface area contributed by atoms with Crippen molar-refractivity contribution in [1.82, 2.24) is 9.97 Å². The Labute approximate surface area is 130 Å². The number of nitrogens with one attached hydrogen (secondary N) is 1. The Bertz CT molecular complexity index is 992. The molecule has 0 fully saturated rings. The minimum absolute atomic E-state index is 0.203. The number of nitrogen functional groups attached to an aromatic ring is 2. The fourth-order valence-corrected chi connectivity index (χ4v) is 3.60. The van der Waals surface area contributed by atoms with Gasteiger partial charge >= 0.3 is 0 Å². The Balaban J connectivity index is 1.98. The summed E-state index contributed by atoms with van der Waals surface area (Å²) in [5, 5.41) is 4.26. The van der Waals surface area contributed by atoms with E-state index in [1.807, 2.05) is 18.2 Å². The average molecular weight is 307 g/mol. The van der Waals surface area contributed by atoms with Gasteiger partial charge in [-0.2, -0.15) is 4.98 Å². The van der Waals surface area contributed by atoms with E-state index < -0.39 is 0 Å². The fourth-order valence-electron chi connectivity index (χ4n) is 2.63. The second kappa shape index (κ2) is 4.94. The number of benzene rings is 2. The summed E-state index contributed by atoms with van der Waals surface area (Å²) in [7, 11) is 0. The van der Waals surface area contributed by atoms with Crippen LogP contribution >= 0.6 is 11.3 Å². The molecule has 2 aromatic heterocycles. The lowest BCUT2D eigenvalue weighted by Crippen LogP contribution is -2.11. The van der Waals surface area contributed by atoms with Gasteiger partial charge in [-0.15, -0.1) is 11.3 Å². The molecule has 108 valence electrons. The maximum absolute atomic E-state index is 5.69. The van der Waals surface area contributed by atoms with Crippen LogP contribution < -0.4 is 17.0 Å². The lowest BCUT2D eigenvalue weighted by molar-refractivity contribution is 1.19. The van der Waals surface area contributed by atoms with Gasteiger partial charge < -0.3 is 11.2 Å². The van der Waals surface area contributed by atoms with Crippen LogP contribution in [-0.4, -0.2) is 9.97 Å². The fraction of sp³-hybridized carbons (Fsp3) is 0. The summed E-state index contributed by atoms with van der Waals surface area (Å²) in [6, 6.07) is 14.4. The molecule has 0 aliphatic heterocycles. The molecular formula is C16H13N5S. The molecule has 5 N–H and O–H groups in total. The highest BCUT2D eigenvalue weighted by molar-refractivity contribution is 7.17. The number of thiophene rings is 1. The maximum Gasteiger partial charge on any atom is 0.222 e. The molecule has 0 aliphatic rings. The van der Waals surface area contributed by atoms with Crippen molar-refractivity contribution < 1.29 is 0 Å². The van der Waals surface area contributed by atoms with Gasteiger partial charge in [0.25, 0.3) is 0 Å². The van der Waals surface area contributed by atoms with Crippen molar-refractivity contribution in [1.29, 1.82) is 0 Å². The number of hydrogen-bond acceptors (Lipinski definition) is 6. The molecule has 0 atom stereocenters. The van der Waals surface area contributed by atoms with E-state index in [4.69, 9.17) is 11.6 Å². The zero-order valence-electron chi connectivity index (χ0n) is 11.6. The molecule has 0 bridgehead atoms. The van der Waals surface area contributed by atoms with E-state index in [1.54, 1.807) is 11.3 Å². The van der Waals surface area contributed by atoms with E-state index in [2.05, 4.69) is 45.0 Å². The molecule has 6 heteroatoms. The van der Waals surface area contributed by atoms with Crippen LogP contribution in [0.15, 0.2) is 47.8 Å². The molecule has 0 radical (unpaired) electrons. The highest BCUT2D eigenvalue weighted by Gasteiger charge is 2.10. The smallest absolute Gasteiger partial charge is 0.222 e. The number of hydrazine groups is 1. The third-order valence-corrected chi connectivity index (χ3v) is 4.61. The molecule has 5 nitrogen and oxygen atoms in total. The van der Waals surface area contributed by atoms with E-state index in [1.165, 1.54) is 15.6 Å². The second-order valence-corrected chi connectivity index (χ2v) is 5.86. The van der Waals surface area contributed by atoms with Crippen LogP contribution in [0.2, 0.25) is 0 Å². The second-order valence-electron chi connectivity index (χ2n) is 4.95. The van der Waals surface area contributed by atoms with Gasteiger partial charge in [0.2, 0.25) is 5.95 Å². The first-order valence-corrected chi connectivity index (χ1v) is 7.65. The summed E-state index contributed by atoms with van der Waals surface area (Å²) < 4.78 is 1.27. The predicted molar refractivity (Wildman–Crippen MR) is 92.6 cm³/mol. The highest BCUT2D eigenvalue weighted by atomic mass is 32.1. The van der Waals surface area contributed by atoms with Crippen molar-refractivity contribution in [3.63, 3.8) is 0 Å². The van der Waals surface area contributed by atoms with Crippen LogP contribution in [0.1, 0.15) is 0 Å². The highest BCUT2D eigenvalue weighted by Crippen LogP contribution is 2.35. The molecule has 0 saturated heterocycles. The van der Waals surface area contributed by atoms with E-state index >= 15 is 0 Å². The lowest BCUT2D eigenvalue weighted by atomic mass is 10.0. The molecule has 0 aliphatic carbocycles. The number of fused-ring (bicyclic) bond motifs is 2. The third kappa shape index (κ3) is 1.97. The maximum atomic E-state index is 5.69. The van der Waals surface area contributed by atoms with E-state index in [-0.39, 0.29) is 5.95 Å². The predicted octanol–water partition coefficient (Wildman–Crippen LogP) is 3.38. The molecule has 0 unspecified atom stereocenters. The molecule has 22 heavy (non-hydrogen) atoms. The SMILES string of the molecule is NNc1nc(N)nc2ccc(-c3csc4ccccc34)cc12. The van der Waals surface area contributed by atoms with Gasteiger partial charge in [0.15, 0.2) is 5.82 Å². The van der Waals surface area contributed by atoms with Crippen molar-refractivity contribution in [3.05, 3.63) is 47.8 Å². The Morgan fingerprint density at radius 2 is 1.86 bits per heavy atom. The Morgan fingerprint density at radius 3 is 2.73 bits per heavy atom. The molecule has 2 aromatic carbocycles. The number of rotatable bonds is 2. The van der Waals surface area contributed by atoms with Gasteiger partial charge in [-0.3, -0.25) is 0 Å². The quantitative estimate of drug-likeness (QED) is 0.390. The van der Waals surface area contributed by atoms with Gasteiger partial charge in [0.05, 0.1) is 5.52 Å². The van der Waals surface area contributed by atoms with Crippen LogP contribution in [0.4, 0.5) is 11.8 Å². The summed E-state index contributed by atoms with van der Waals surface area (Å²) in [5.41, 5.74) is 11.4. The van der Waals surface area contributed by atoms with Crippen molar-refractivity contribution in [2.75, 3.05) is 11.2 Å². The summed E-state index contributed by atoms with van der Waals surface area (Å²) in [4.78, 5) is 8.38. The van der Waals surface area contributed by atoms with Gasteiger partial charge in [-0.1, -0.05) is 24.3 Å². The van der Waals surface area contributed by atoms with Crippen LogP contribution in [0.5, 0.6) is 0 Å². The van der Waals surface area contributed by atoms with Crippen LogP contribution in [0.3, 0.4) is 0 Å². The molecule has 4 rings (SSSR count). The van der Waals surface area contributed by atoms with Crippen LogP contribution in [-0.2, 0) is 0 Å².